The molecule has 0 heterocycles. The van der Waals surface area contributed by atoms with Crippen molar-refractivity contribution < 1.29 is 4.39 Å². The lowest BCUT2D eigenvalue weighted by Crippen LogP contribution is -2.03. The molecule has 0 aliphatic heterocycles. The lowest BCUT2D eigenvalue weighted by Gasteiger charge is -2.09. The van der Waals surface area contributed by atoms with Crippen molar-refractivity contribution in [2.45, 2.75) is 16.2 Å². The van der Waals surface area contributed by atoms with E-state index < -0.39 is 0 Å². The summed E-state index contributed by atoms with van der Waals surface area (Å²) in [4.78, 5) is 1.94. The molecule has 0 fully saturated rings. The Labute approximate surface area is 115 Å². The first-order valence-electron chi connectivity index (χ1n) is 5.61. The lowest BCUT2D eigenvalue weighted by atomic mass is 10.1. The average Bonchev–Trinajstić information content (AvgIpc) is 2.33. The SMILES string of the molecule is NCCc1cc(Cl)ccc1Sc1cccc(F)c1. The first-order chi connectivity index (χ1) is 8.69. The van der Waals surface area contributed by atoms with Crippen LogP contribution in [0.5, 0.6) is 0 Å². The third kappa shape index (κ3) is 3.48. The predicted octanol–water partition coefficient (Wildman–Crippen LogP) is 4.13. The summed E-state index contributed by atoms with van der Waals surface area (Å²) in [6.45, 7) is 0.567. The molecule has 0 amide bonds. The molecule has 0 aliphatic rings. The van der Waals surface area contributed by atoms with Gasteiger partial charge in [-0.15, -0.1) is 0 Å². The summed E-state index contributed by atoms with van der Waals surface area (Å²) >= 11 is 7.49. The van der Waals surface area contributed by atoms with Crippen molar-refractivity contribution in [1.29, 1.82) is 0 Å². The third-order valence-corrected chi connectivity index (χ3v) is 3.80. The van der Waals surface area contributed by atoms with Gasteiger partial charge in [0.05, 0.1) is 0 Å². The quantitative estimate of drug-likeness (QED) is 0.912. The normalized spacial score (nSPS) is 10.6. The maximum atomic E-state index is 13.1. The second kappa shape index (κ2) is 6.23. The summed E-state index contributed by atoms with van der Waals surface area (Å²) in [5, 5.41) is 0.696. The standard InChI is InChI=1S/C14H13ClFNS/c15-11-4-5-14(10(8-11)6-7-17)18-13-3-1-2-12(16)9-13/h1-5,8-9H,6-7,17H2. The molecule has 0 spiro atoms. The Hall–Kier alpha value is -1.03. The number of hydrogen-bond donors (Lipinski definition) is 1. The molecule has 0 unspecified atom stereocenters. The molecular weight excluding hydrogens is 269 g/mol. The van der Waals surface area contributed by atoms with Gasteiger partial charge in [-0.05, 0) is 54.9 Å². The van der Waals surface area contributed by atoms with Crippen molar-refractivity contribution in [3.8, 4) is 0 Å². The summed E-state index contributed by atoms with van der Waals surface area (Å²) in [6.07, 6.45) is 0.762. The van der Waals surface area contributed by atoms with Gasteiger partial charge in [0, 0.05) is 14.8 Å². The molecule has 0 bridgehead atoms. The summed E-state index contributed by atoms with van der Waals surface area (Å²) in [6, 6.07) is 12.2. The highest BCUT2D eigenvalue weighted by molar-refractivity contribution is 7.99. The van der Waals surface area contributed by atoms with Gasteiger partial charge in [0.2, 0.25) is 0 Å². The zero-order valence-electron chi connectivity index (χ0n) is 9.70. The van der Waals surface area contributed by atoms with E-state index in [1.807, 2.05) is 24.3 Å². The van der Waals surface area contributed by atoms with Crippen molar-refractivity contribution in [3.63, 3.8) is 0 Å². The summed E-state index contributed by atoms with van der Waals surface area (Å²) < 4.78 is 13.1. The molecule has 0 saturated heterocycles. The molecule has 2 N–H and O–H groups in total. The van der Waals surface area contributed by atoms with Gasteiger partial charge < -0.3 is 5.73 Å². The molecule has 94 valence electrons. The Bertz CT molecular complexity index is 545. The van der Waals surface area contributed by atoms with Crippen LogP contribution in [0.4, 0.5) is 4.39 Å². The van der Waals surface area contributed by atoms with Crippen LogP contribution in [-0.4, -0.2) is 6.54 Å². The van der Waals surface area contributed by atoms with E-state index >= 15 is 0 Å². The third-order valence-electron chi connectivity index (χ3n) is 2.46. The molecule has 0 aliphatic carbocycles. The van der Waals surface area contributed by atoms with Crippen LogP contribution in [0.3, 0.4) is 0 Å². The van der Waals surface area contributed by atoms with Crippen LogP contribution in [0.25, 0.3) is 0 Å². The number of rotatable bonds is 4. The van der Waals surface area contributed by atoms with Crippen LogP contribution >= 0.6 is 23.4 Å². The number of benzene rings is 2. The number of nitrogens with two attached hydrogens (primary N) is 1. The van der Waals surface area contributed by atoms with Crippen LogP contribution in [0.1, 0.15) is 5.56 Å². The van der Waals surface area contributed by atoms with Gasteiger partial charge in [-0.1, -0.05) is 29.4 Å². The Morgan fingerprint density at radius 1 is 1.17 bits per heavy atom. The van der Waals surface area contributed by atoms with Gasteiger partial charge in [-0.2, -0.15) is 0 Å². The Kier molecular flexibility index (Phi) is 4.64. The van der Waals surface area contributed by atoms with Crippen molar-refractivity contribution in [2.24, 2.45) is 5.73 Å². The maximum absolute atomic E-state index is 13.1. The molecule has 2 rings (SSSR count). The van der Waals surface area contributed by atoms with Crippen LogP contribution in [0.2, 0.25) is 5.02 Å². The minimum atomic E-state index is -0.227. The van der Waals surface area contributed by atoms with Crippen LogP contribution in [0, 0.1) is 5.82 Å². The van der Waals surface area contributed by atoms with Crippen LogP contribution in [0.15, 0.2) is 52.3 Å². The van der Waals surface area contributed by atoms with E-state index in [1.54, 1.807) is 6.07 Å². The largest absolute Gasteiger partial charge is 0.330 e. The van der Waals surface area contributed by atoms with E-state index in [2.05, 4.69) is 0 Å². The molecule has 2 aromatic carbocycles. The molecule has 0 atom stereocenters. The zero-order chi connectivity index (χ0) is 13.0. The Morgan fingerprint density at radius 3 is 2.72 bits per heavy atom. The first-order valence-corrected chi connectivity index (χ1v) is 6.80. The molecule has 0 aromatic heterocycles. The molecule has 1 nitrogen and oxygen atoms in total. The minimum absolute atomic E-state index is 0.227. The monoisotopic (exact) mass is 281 g/mol. The van der Waals surface area contributed by atoms with E-state index in [0.717, 1.165) is 21.8 Å². The van der Waals surface area contributed by atoms with Gasteiger partial charge >= 0.3 is 0 Å². The molecule has 0 radical (unpaired) electrons. The average molecular weight is 282 g/mol. The molecular formula is C14H13ClFNS. The molecule has 4 heteroatoms. The van der Waals surface area contributed by atoms with Crippen molar-refractivity contribution in [1.82, 2.24) is 0 Å². The first kappa shape index (κ1) is 13.4. The number of halogens is 2. The molecule has 18 heavy (non-hydrogen) atoms. The number of hydrogen-bond acceptors (Lipinski definition) is 2. The summed E-state index contributed by atoms with van der Waals surface area (Å²) in [7, 11) is 0. The fourth-order valence-electron chi connectivity index (χ4n) is 1.66. The summed E-state index contributed by atoms with van der Waals surface area (Å²) in [5.74, 6) is -0.227. The zero-order valence-corrected chi connectivity index (χ0v) is 11.3. The lowest BCUT2D eigenvalue weighted by molar-refractivity contribution is 0.624. The smallest absolute Gasteiger partial charge is 0.124 e. The highest BCUT2D eigenvalue weighted by atomic mass is 35.5. The van der Waals surface area contributed by atoms with Crippen LogP contribution in [-0.2, 0) is 6.42 Å². The van der Waals surface area contributed by atoms with E-state index in [-0.39, 0.29) is 5.82 Å². The maximum Gasteiger partial charge on any atom is 0.124 e. The Morgan fingerprint density at radius 2 is 2.00 bits per heavy atom. The van der Waals surface area contributed by atoms with Crippen molar-refractivity contribution in [3.05, 3.63) is 58.9 Å². The van der Waals surface area contributed by atoms with Gasteiger partial charge in [0.15, 0.2) is 0 Å². The second-order valence-electron chi connectivity index (χ2n) is 3.85. The van der Waals surface area contributed by atoms with Gasteiger partial charge in [-0.3, -0.25) is 0 Å². The van der Waals surface area contributed by atoms with E-state index in [0.29, 0.717) is 11.6 Å². The van der Waals surface area contributed by atoms with Crippen LogP contribution < -0.4 is 5.73 Å². The van der Waals surface area contributed by atoms with E-state index in [4.69, 9.17) is 17.3 Å². The van der Waals surface area contributed by atoms with E-state index in [9.17, 15) is 4.39 Å². The van der Waals surface area contributed by atoms with Crippen molar-refractivity contribution >= 4 is 23.4 Å². The fraction of sp³-hybridized carbons (Fsp3) is 0.143. The van der Waals surface area contributed by atoms with Crippen molar-refractivity contribution in [2.75, 3.05) is 6.54 Å². The predicted molar refractivity (Wildman–Crippen MR) is 74.7 cm³/mol. The summed E-state index contributed by atoms with van der Waals surface area (Å²) in [5.41, 5.74) is 6.68. The van der Waals surface area contributed by atoms with E-state index in [1.165, 1.54) is 23.9 Å². The van der Waals surface area contributed by atoms with Gasteiger partial charge in [0.1, 0.15) is 5.82 Å². The highest BCUT2D eigenvalue weighted by Gasteiger charge is 2.05. The molecule has 2 aromatic rings. The minimum Gasteiger partial charge on any atom is -0.330 e. The molecule has 0 saturated carbocycles. The fourth-order valence-corrected chi connectivity index (χ4v) is 2.85. The Balaban J connectivity index is 2.28. The van der Waals surface area contributed by atoms with Gasteiger partial charge in [0.25, 0.3) is 0 Å². The second-order valence-corrected chi connectivity index (χ2v) is 5.40. The van der Waals surface area contributed by atoms with Gasteiger partial charge in [-0.25, -0.2) is 4.39 Å². The topological polar surface area (TPSA) is 26.0 Å². The highest BCUT2D eigenvalue weighted by Crippen LogP contribution is 2.32.